The lowest BCUT2D eigenvalue weighted by molar-refractivity contribution is 0.453. The van der Waals surface area contributed by atoms with Crippen LogP contribution in [-0.4, -0.2) is 4.98 Å². The molecule has 1 aromatic heterocycles. The zero-order valence-corrected chi connectivity index (χ0v) is 13.1. The van der Waals surface area contributed by atoms with Gasteiger partial charge in [0.2, 0.25) is 5.88 Å². The van der Waals surface area contributed by atoms with E-state index in [4.69, 9.17) is 22.1 Å². The van der Waals surface area contributed by atoms with E-state index in [2.05, 4.69) is 36.8 Å². The molecular weight excluding hydrogens is 383 g/mol. The Morgan fingerprint density at radius 1 is 1.28 bits per heavy atom. The molecule has 6 heteroatoms. The van der Waals surface area contributed by atoms with Crippen molar-refractivity contribution in [3.63, 3.8) is 0 Å². The number of benzene rings is 1. The Bertz CT molecular complexity index is 578. The number of nitrogens with two attached hydrogens (primary N) is 1. The summed E-state index contributed by atoms with van der Waals surface area (Å²) in [6, 6.07) is 7.17. The van der Waals surface area contributed by atoms with Gasteiger partial charge in [0.05, 0.1) is 4.47 Å². The number of hydrogen-bond acceptors (Lipinski definition) is 3. The van der Waals surface area contributed by atoms with Crippen molar-refractivity contribution in [1.29, 1.82) is 0 Å². The smallest absolute Gasteiger partial charge is 0.223 e. The summed E-state index contributed by atoms with van der Waals surface area (Å²) in [5.41, 5.74) is 6.49. The lowest BCUT2D eigenvalue weighted by Gasteiger charge is -2.10. The summed E-state index contributed by atoms with van der Waals surface area (Å²) in [5, 5.41) is 0.636. The van der Waals surface area contributed by atoms with Crippen LogP contribution < -0.4 is 10.5 Å². The summed E-state index contributed by atoms with van der Waals surface area (Å²) in [7, 11) is 0. The summed E-state index contributed by atoms with van der Waals surface area (Å²) < 4.78 is 7.36. The van der Waals surface area contributed by atoms with E-state index in [1.54, 1.807) is 24.4 Å². The molecule has 0 radical (unpaired) electrons. The fourth-order valence-corrected chi connectivity index (χ4v) is 2.51. The molecule has 2 rings (SSSR count). The van der Waals surface area contributed by atoms with Crippen LogP contribution in [0, 0.1) is 0 Å². The molecule has 2 N–H and O–H groups in total. The van der Waals surface area contributed by atoms with Gasteiger partial charge < -0.3 is 10.5 Å². The van der Waals surface area contributed by atoms with E-state index in [1.165, 1.54) is 0 Å². The quantitative estimate of drug-likeness (QED) is 0.836. The highest BCUT2D eigenvalue weighted by Crippen LogP contribution is 2.32. The van der Waals surface area contributed by atoms with Gasteiger partial charge in [0.15, 0.2) is 0 Å². The minimum Gasteiger partial charge on any atom is -0.438 e. The van der Waals surface area contributed by atoms with Crippen LogP contribution in [0.2, 0.25) is 5.02 Å². The van der Waals surface area contributed by atoms with E-state index in [-0.39, 0.29) is 0 Å². The van der Waals surface area contributed by atoms with E-state index >= 15 is 0 Å². The van der Waals surface area contributed by atoms with Gasteiger partial charge in [0.25, 0.3) is 0 Å². The second-order valence-corrected chi connectivity index (χ2v) is 5.71. The molecule has 3 nitrogen and oxygen atoms in total. The summed E-state index contributed by atoms with van der Waals surface area (Å²) in [4.78, 5) is 4.20. The monoisotopic (exact) mass is 390 g/mol. The van der Waals surface area contributed by atoms with Crippen LogP contribution >= 0.6 is 43.5 Å². The normalized spacial score (nSPS) is 10.4. The number of halogens is 3. The average molecular weight is 392 g/mol. The van der Waals surface area contributed by atoms with Gasteiger partial charge in [-0.2, -0.15) is 0 Å². The number of pyridine rings is 1. The first-order valence-corrected chi connectivity index (χ1v) is 7.04. The molecule has 0 atom stereocenters. The van der Waals surface area contributed by atoms with Crippen molar-refractivity contribution in [2.45, 2.75) is 6.54 Å². The minimum absolute atomic E-state index is 0.354. The third kappa shape index (κ3) is 3.23. The Labute approximate surface area is 127 Å². The van der Waals surface area contributed by atoms with Crippen LogP contribution in [-0.2, 0) is 6.54 Å². The highest BCUT2D eigenvalue weighted by molar-refractivity contribution is 9.10. The number of aromatic nitrogens is 1. The van der Waals surface area contributed by atoms with Gasteiger partial charge in [-0.3, -0.25) is 0 Å². The van der Waals surface area contributed by atoms with Crippen LogP contribution in [0.4, 0.5) is 0 Å². The van der Waals surface area contributed by atoms with Crippen LogP contribution in [0.1, 0.15) is 5.56 Å². The van der Waals surface area contributed by atoms with Crippen molar-refractivity contribution in [2.24, 2.45) is 5.73 Å². The molecule has 0 bridgehead atoms. The second kappa shape index (κ2) is 6.02. The van der Waals surface area contributed by atoms with E-state index in [9.17, 15) is 0 Å². The second-order valence-electron chi connectivity index (χ2n) is 3.50. The lowest BCUT2D eigenvalue weighted by atomic mass is 10.3. The first kappa shape index (κ1) is 13.8. The van der Waals surface area contributed by atoms with Gasteiger partial charge in [-0.05, 0) is 56.1 Å². The Morgan fingerprint density at radius 2 is 2.06 bits per heavy atom. The maximum absolute atomic E-state index is 5.87. The zero-order valence-electron chi connectivity index (χ0n) is 9.16. The number of ether oxygens (including phenoxy) is 1. The van der Waals surface area contributed by atoms with Gasteiger partial charge in [-0.1, -0.05) is 11.6 Å². The molecule has 2 aromatic rings. The Morgan fingerprint density at radius 3 is 2.72 bits per heavy atom. The first-order chi connectivity index (χ1) is 8.60. The first-order valence-electron chi connectivity index (χ1n) is 5.07. The van der Waals surface area contributed by atoms with E-state index < -0.39 is 0 Å². The summed E-state index contributed by atoms with van der Waals surface area (Å²) in [5.74, 6) is 1.13. The van der Waals surface area contributed by atoms with Gasteiger partial charge in [0, 0.05) is 27.8 Å². The fourth-order valence-electron chi connectivity index (χ4n) is 1.37. The van der Waals surface area contributed by atoms with Crippen molar-refractivity contribution in [3.8, 4) is 11.6 Å². The highest BCUT2D eigenvalue weighted by Gasteiger charge is 2.09. The molecule has 0 spiro atoms. The SMILES string of the molecule is NCc1cc(Br)cnc1Oc1ccc(Cl)cc1Br. The maximum atomic E-state index is 5.87. The molecule has 1 aromatic carbocycles. The largest absolute Gasteiger partial charge is 0.438 e. The Balaban J connectivity index is 2.33. The summed E-state index contributed by atoms with van der Waals surface area (Å²) in [6.07, 6.45) is 1.66. The van der Waals surface area contributed by atoms with E-state index in [0.717, 1.165) is 14.5 Å². The third-order valence-corrected chi connectivity index (χ3v) is 3.50. The molecular formula is C12H9Br2ClN2O. The van der Waals surface area contributed by atoms with Gasteiger partial charge in [-0.15, -0.1) is 0 Å². The standard InChI is InChI=1S/C12H9Br2ClN2O/c13-8-3-7(5-16)12(17-6-8)18-11-2-1-9(15)4-10(11)14/h1-4,6H,5,16H2. The predicted molar refractivity (Wildman–Crippen MR) is 79.1 cm³/mol. The summed E-state index contributed by atoms with van der Waals surface area (Å²) in [6.45, 7) is 0.354. The number of hydrogen-bond donors (Lipinski definition) is 1. The van der Waals surface area contributed by atoms with Crippen LogP contribution in [0.5, 0.6) is 11.6 Å². The van der Waals surface area contributed by atoms with Crippen molar-refractivity contribution < 1.29 is 4.74 Å². The topological polar surface area (TPSA) is 48.1 Å². The van der Waals surface area contributed by atoms with Gasteiger partial charge in [0.1, 0.15) is 5.75 Å². The lowest BCUT2D eigenvalue weighted by Crippen LogP contribution is -2.01. The van der Waals surface area contributed by atoms with Gasteiger partial charge in [-0.25, -0.2) is 4.98 Å². The maximum Gasteiger partial charge on any atom is 0.223 e. The molecule has 0 amide bonds. The molecule has 0 aliphatic rings. The Hall–Kier alpha value is -0.620. The molecule has 0 saturated carbocycles. The average Bonchev–Trinajstić information content (AvgIpc) is 2.34. The zero-order chi connectivity index (χ0) is 13.1. The molecule has 0 saturated heterocycles. The predicted octanol–water partition coefficient (Wildman–Crippen LogP) is 4.51. The van der Waals surface area contributed by atoms with Crippen molar-refractivity contribution in [1.82, 2.24) is 4.98 Å². The van der Waals surface area contributed by atoms with Crippen molar-refractivity contribution >= 4 is 43.5 Å². The number of rotatable bonds is 3. The molecule has 0 fully saturated rings. The molecule has 18 heavy (non-hydrogen) atoms. The van der Waals surface area contributed by atoms with Gasteiger partial charge >= 0.3 is 0 Å². The van der Waals surface area contributed by atoms with E-state index in [1.807, 2.05) is 6.07 Å². The van der Waals surface area contributed by atoms with Crippen LogP contribution in [0.15, 0.2) is 39.4 Å². The molecule has 0 aliphatic heterocycles. The molecule has 0 unspecified atom stereocenters. The molecule has 1 heterocycles. The molecule has 94 valence electrons. The van der Waals surface area contributed by atoms with Crippen molar-refractivity contribution in [2.75, 3.05) is 0 Å². The third-order valence-electron chi connectivity index (χ3n) is 2.21. The fraction of sp³-hybridized carbons (Fsp3) is 0.0833. The van der Waals surface area contributed by atoms with Crippen LogP contribution in [0.25, 0.3) is 0 Å². The molecule has 0 aliphatic carbocycles. The van der Waals surface area contributed by atoms with E-state index in [0.29, 0.717) is 23.2 Å². The van der Waals surface area contributed by atoms with Crippen LogP contribution in [0.3, 0.4) is 0 Å². The highest BCUT2D eigenvalue weighted by atomic mass is 79.9. The van der Waals surface area contributed by atoms with Crippen molar-refractivity contribution in [3.05, 3.63) is 50.0 Å². The summed E-state index contributed by atoms with van der Waals surface area (Å²) >= 11 is 12.6. The minimum atomic E-state index is 0.354. The Kier molecular flexibility index (Phi) is 4.61. The number of nitrogens with zero attached hydrogens (tertiary/aromatic N) is 1.